The highest BCUT2D eigenvalue weighted by molar-refractivity contribution is 5.16. The Hall–Kier alpha value is -1.09. The molecule has 16 heavy (non-hydrogen) atoms. The number of nitrogens with zero attached hydrogens (tertiary/aromatic N) is 1. The predicted molar refractivity (Wildman–Crippen MR) is 66.8 cm³/mol. The van der Waals surface area contributed by atoms with Crippen LogP contribution in [0.3, 0.4) is 0 Å². The lowest BCUT2D eigenvalue weighted by Gasteiger charge is -2.21. The van der Waals surface area contributed by atoms with E-state index in [0.29, 0.717) is 17.8 Å². The molecular weight excluding hydrogens is 200 g/mol. The minimum absolute atomic E-state index is 0.476. The lowest BCUT2D eigenvalue weighted by Crippen LogP contribution is -2.35. The molecule has 0 saturated heterocycles. The van der Waals surface area contributed by atoms with E-state index in [4.69, 9.17) is 4.74 Å². The molecule has 90 valence electrons. The molecule has 0 spiro atoms. The van der Waals surface area contributed by atoms with Crippen LogP contribution in [0.25, 0.3) is 0 Å². The van der Waals surface area contributed by atoms with Crippen LogP contribution in [-0.4, -0.2) is 24.7 Å². The maximum Gasteiger partial charge on any atom is 0.213 e. The molecule has 1 aromatic rings. The molecule has 1 heterocycles. The topological polar surface area (TPSA) is 34.1 Å². The molecule has 1 N–H and O–H groups in total. The van der Waals surface area contributed by atoms with Gasteiger partial charge in [-0.2, -0.15) is 0 Å². The summed E-state index contributed by atoms with van der Waals surface area (Å²) in [4.78, 5) is 4.43. The SMILES string of the molecule is CCNC(Cc1cccc(OC)n1)C(C)C. The van der Waals surface area contributed by atoms with E-state index in [1.54, 1.807) is 7.11 Å². The molecule has 0 aliphatic heterocycles. The minimum Gasteiger partial charge on any atom is -0.481 e. The van der Waals surface area contributed by atoms with Crippen molar-refractivity contribution in [1.29, 1.82) is 0 Å². The predicted octanol–water partition coefficient (Wildman–Crippen LogP) is 2.27. The van der Waals surface area contributed by atoms with Gasteiger partial charge in [-0.3, -0.25) is 0 Å². The summed E-state index contributed by atoms with van der Waals surface area (Å²) in [6.45, 7) is 7.59. The van der Waals surface area contributed by atoms with Crippen molar-refractivity contribution in [3.05, 3.63) is 23.9 Å². The zero-order valence-electron chi connectivity index (χ0n) is 10.7. The molecule has 0 radical (unpaired) electrons. The average molecular weight is 222 g/mol. The first-order chi connectivity index (χ1) is 7.67. The second kappa shape index (κ2) is 6.48. The van der Waals surface area contributed by atoms with Gasteiger partial charge in [-0.05, 0) is 18.5 Å². The fraction of sp³-hybridized carbons (Fsp3) is 0.615. The zero-order chi connectivity index (χ0) is 12.0. The number of aromatic nitrogens is 1. The summed E-state index contributed by atoms with van der Waals surface area (Å²) < 4.78 is 5.13. The van der Waals surface area contributed by atoms with Gasteiger partial charge in [0.05, 0.1) is 7.11 Å². The van der Waals surface area contributed by atoms with E-state index in [1.165, 1.54) is 0 Å². The van der Waals surface area contributed by atoms with Crippen LogP contribution in [-0.2, 0) is 6.42 Å². The Labute approximate surface area is 98.2 Å². The Morgan fingerprint density at radius 3 is 2.69 bits per heavy atom. The first kappa shape index (κ1) is 13.0. The van der Waals surface area contributed by atoms with Crippen molar-refractivity contribution >= 4 is 0 Å². The van der Waals surface area contributed by atoms with Crippen molar-refractivity contribution in [2.24, 2.45) is 5.92 Å². The van der Waals surface area contributed by atoms with E-state index >= 15 is 0 Å². The number of hydrogen-bond acceptors (Lipinski definition) is 3. The summed E-state index contributed by atoms with van der Waals surface area (Å²) in [5.41, 5.74) is 1.08. The van der Waals surface area contributed by atoms with Crippen molar-refractivity contribution in [1.82, 2.24) is 10.3 Å². The highest BCUT2D eigenvalue weighted by Crippen LogP contribution is 2.12. The van der Waals surface area contributed by atoms with Crippen molar-refractivity contribution in [2.45, 2.75) is 33.2 Å². The first-order valence-electron chi connectivity index (χ1n) is 5.90. The Balaban J connectivity index is 2.68. The monoisotopic (exact) mass is 222 g/mol. The maximum absolute atomic E-state index is 5.13. The van der Waals surface area contributed by atoms with Gasteiger partial charge in [-0.25, -0.2) is 4.98 Å². The standard InChI is InChI=1S/C13H22N2O/c1-5-14-12(10(2)3)9-11-7-6-8-13(15-11)16-4/h6-8,10,12,14H,5,9H2,1-4H3. The van der Waals surface area contributed by atoms with Crippen LogP contribution in [0, 0.1) is 5.92 Å². The Bertz CT molecular complexity index is 313. The number of methoxy groups -OCH3 is 1. The summed E-state index contributed by atoms with van der Waals surface area (Å²) in [5.74, 6) is 1.30. The van der Waals surface area contributed by atoms with Crippen LogP contribution in [0.4, 0.5) is 0 Å². The number of pyridine rings is 1. The van der Waals surface area contributed by atoms with E-state index in [-0.39, 0.29) is 0 Å². The molecule has 0 aliphatic carbocycles. The normalized spacial score (nSPS) is 12.8. The molecule has 1 unspecified atom stereocenters. The van der Waals surface area contributed by atoms with E-state index in [2.05, 4.69) is 37.1 Å². The van der Waals surface area contributed by atoms with Crippen molar-refractivity contribution in [3.63, 3.8) is 0 Å². The van der Waals surface area contributed by atoms with Crippen LogP contribution < -0.4 is 10.1 Å². The summed E-state index contributed by atoms with van der Waals surface area (Å²) in [6.07, 6.45) is 0.947. The van der Waals surface area contributed by atoms with E-state index in [0.717, 1.165) is 18.7 Å². The smallest absolute Gasteiger partial charge is 0.213 e. The Morgan fingerprint density at radius 1 is 1.38 bits per heavy atom. The molecule has 3 heteroatoms. The van der Waals surface area contributed by atoms with Crippen LogP contribution in [0.2, 0.25) is 0 Å². The van der Waals surface area contributed by atoms with Gasteiger partial charge in [0, 0.05) is 24.2 Å². The maximum atomic E-state index is 5.13. The van der Waals surface area contributed by atoms with Crippen LogP contribution in [0.5, 0.6) is 5.88 Å². The van der Waals surface area contributed by atoms with Crippen molar-refractivity contribution < 1.29 is 4.74 Å². The summed E-state index contributed by atoms with van der Waals surface area (Å²) in [6, 6.07) is 6.39. The third kappa shape index (κ3) is 3.81. The molecule has 1 atom stereocenters. The molecule has 0 saturated carbocycles. The van der Waals surface area contributed by atoms with Gasteiger partial charge >= 0.3 is 0 Å². The third-order valence-corrected chi connectivity index (χ3v) is 2.69. The molecule has 0 fully saturated rings. The van der Waals surface area contributed by atoms with Crippen molar-refractivity contribution in [3.8, 4) is 5.88 Å². The molecule has 1 aromatic heterocycles. The van der Waals surface area contributed by atoms with Crippen LogP contribution >= 0.6 is 0 Å². The molecule has 1 rings (SSSR count). The quantitative estimate of drug-likeness (QED) is 0.801. The molecule has 0 amide bonds. The Morgan fingerprint density at radius 2 is 2.12 bits per heavy atom. The first-order valence-corrected chi connectivity index (χ1v) is 5.90. The van der Waals surface area contributed by atoms with Gasteiger partial charge in [0.25, 0.3) is 0 Å². The number of rotatable bonds is 6. The number of hydrogen-bond donors (Lipinski definition) is 1. The van der Waals surface area contributed by atoms with Crippen molar-refractivity contribution in [2.75, 3.05) is 13.7 Å². The number of ether oxygens (including phenoxy) is 1. The highest BCUT2D eigenvalue weighted by Gasteiger charge is 2.13. The number of nitrogens with one attached hydrogen (secondary N) is 1. The average Bonchev–Trinajstić information content (AvgIpc) is 2.28. The summed E-state index contributed by atoms with van der Waals surface area (Å²) in [5, 5.41) is 3.49. The summed E-state index contributed by atoms with van der Waals surface area (Å²) >= 11 is 0. The highest BCUT2D eigenvalue weighted by atomic mass is 16.5. The fourth-order valence-electron chi connectivity index (χ4n) is 1.72. The molecule has 3 nitrogen and oxygen atoms in total. The van der Waals surface area contributed by atoms with Gasteiger partial charge in [-0.1, -0.05) is 26.8 Å². The molecule has 0 aromatic carbocycles. The molecule has 0 bridgehead atoms. The Kier molecular flexibility index (Phi) is 5.26. The second-order valence-corrected chi connectivity index (χ2v) is 4.28. The van der Waals surface area contributed by atoms with Gasteiger partial charge in [0.1, 0.15) is 0 Å². The zero-order valence-corrected chi connectivity index (χ0v) is 10.7. The van der Waals surface area contributed by atoms with E-state index < -0.39 is 0 Å². The third-order valence-electron chi connectivity index (χ3n) is 2.69. The lowest BCUT2D eigenvalue weighted by atomic mass is 9.99. The summed E-state index contributed by atoms with van der Waals surface area (Å²) in [7, 11) is 1.65. The van der Waals surface area contributed by atoms with Crippen LogP contribution in [0.15, 0.2) is 18.2 Å². The van der Waals surface area contributed by atoms with Crippen LogP contribution in [0.1, 0.15) is 26.5 Å². The van der Waals surface area contributed by atoms with Gasteiger partial charge in [0.15, 0.2) is 0 Å². The molecule has 0 aliphatic rings. The van der Waals surface area contributed by atoms with Gasteiger partial charge < -0.3 is 10.1 Å². The minimum atomic E-state index is 0.476. The lowest BCUT2D eigenvalue weighted by molar-refractivity contribution is 0.385. The van der Waals surface area contributed by atoms with Gasteiger partial charge in [-0.15, -0.1) is 0 Å². The van der Waals surface area contributed by atoms with E-state index in [1.807, 2.05) is 12.1 Å². The van der Waals surface area contributed by atoms with E-state index in [9.17, 15) is 0 Å². The second-order valence-electron chi connectivity index (χ2n) is 4.28. The number of likely N-dealkylation sites (N-methyl/N-ethyl adjacent to an activating group) is 1. The van der Waals surface area contributed by atoms with Gasteiger partial charge in [0.2, 0.25) is 5.88 Å². The fourth-order valence-corrected chi connectivity index (χ4v) is 1.72. The largest absolute Gasteiger partial charge is 0.481 e. The molecular formula is C13H22N2O.